The molecule has 4 nitrogen and oxygen atoms in total. The molecule has 0 radical (unpaired) electrons. The van der Waals surface area contributed by atoms with Crippen molar-refractivity contribution in [1.29, 1.82) is 0 Å². The van der Waals surface area contributed by atoms with Crippen LogP contribution in [0.25, 0.3) is 0 Å². The van der Waals surface area contributed by atoms with E-state index in [1.165, 1.54) is 32.5 Å². The van der Waals surface area contributed by atoms with Gasteiger partial charge in [0.15, 0.2) is 0 Å². The summed E-state index contributed by atoms with van der Waals surface area (Å²) >= 11 is 0. The molecular weight excluding hydrogens is 226 g/mol. The Hall–Kier alpha value is -0.610. The fraction of sp³-hybridized carbons (Fsp3) is 0.929. The molecule has 2 aliphatic heterocycles. The van der Waals surface area contributed by atoms with Crippen LogP contribution in [0.15, 0.2) is 0 Å². The van der Waals surface area contributed by atoms with Crippen molar-refractivity contribution < 1.29 is 4.79 Å². The van der Waals surface area contributed by atoms with Gasteiger partial charge in [-0.2, -0.15) is 0 Å². The van der Waals surface area contributed by atoms with Crippen LogP contribution in [0, 0.1) is 11.8 Å². The second-order valence-corrected chi connectivity index (χ2v) is 6.00. The number of carbonyl (C=O) groups excluding carboxylic acids is 1. The highest BCUT2D eigenvalue weighted by atomic mass is 16.2. The summed E-state index contributed by atoms with van der Waals surface area (Å²) in [6, 6.07) is 0. The van der Waals surface area contributed by atoms with E-state index in [-0.39, 0.29) is 5.92 Å². The van der Waals surface area contributed by atoms with Gasteiger partial charge in [0.05, 0.1) is 0 Å². The van der Waals surface area contributed by atoms with Crippen molar-refractivity contribution in [2.75, 3.05) is 46.8 Å². The minimum Gasteiger partial charge on any atom is -0.349 e. The molecule has 0 aromatic carbocycles. The summed E-state index contributed by atoms with van der Waals surface area (Å²) < 4.78 is 0. The number of nitrogens with zero attached hydrogens (tertiary/aromatic N) is 2. The Morgan fingerprint density at radius 1 is 1.17 bits per heavy atom. The number of carbonyl (C=O) groups is 1. The number of rotatable bonds is 3. The third kappa shape index (κ3) is 3.69. The molecule has 0 unspecified atom stereocenters. The van der Waals surface area contributed by atoms with E-state index < -0.39 is 0 Å². The average Bonchev–Trinajstić information content (AvgIpc) is 2.40. The molecule has 1 amide bonds. The van der Waals surface area contributed by atoms with Gasteiger partial charge < -0.3 is 15.1 Å². The molecule has 18 heavy (non-hydrogen) atoms. The van der Waals surface area contributed by atoms with Crippen molar-refractivity contribution in [2.24, 2.45) is 11.8 Å². The molecule has 2 saturated heterocycles. The van der Waals surface area contributed by atoms with E-state index >= 15 is 0 Å². The fourth-order valence-corrected chi connectivity index (χ4v) is 3.16. The first kappa shape index (κ1) is 13.8. The molecule has 2 rings (SSSR count). The average molecular weight is 253 g/mol. The van der Waals surface area contributed by atoms with Gasteiger partial charge in [-0.25, -0.2) is 0 Å². The van der Waals surface area contributed by atoms with Gasteiger partial charge in [-0.05, 0) is 57.8 Å². The number of hydrogen-bond acceptors (Lipinski definition) is 3. The molecule has 0 aromatic rings. The Balaban J connectivity index is 1.71. The van der Waals surface area contributed by atoms with Crippen LogP contribution in [0.1, 0.15) is 25.7 Å². The lowest BCUT2D eigenvalue weighted by atomic mass is 9.92. The highest BCUT2D eigenvalue weighted by molar-refractivity contribution is 5.78. The third-order valence-corrected chi connectivity index (χ3v) is 4.35. The van der Waals surface area contributed by atoms with Gasteiger partial charge in [-0.15, -0.1) is 0 Å². The van der Waals surface area contributed by atoms with Gasteiger partial charge in [-0.1, -0.05) is 0 Å². The van der Waals surface area contributed by atoms with Crippen LogP contribution in [-0.4, -0.2) is 62.5 Å². The molecule has 2 fully saturated rings. The van der Waals surface area contributed by atoms with Gasteiger partial charge in [0.25, 0.3) is 0 Å². The van der Waals surface area contributed by atoms with Crippen molar-refractivity contribution in [2.45, 2.75) is 25.7 Å². The molecule has 0 bridgehead atoms. The van der Waals surface area contributed by atoms with Gasteiger partial charge in [0, 0.05) is 26.6 Å². The van der Waals surface area contributed by atoms with Crippen molar-refractivity contribution in [3.8, 4) is 0 Å². The van der Waals surface area contributed by atoms with E-state index in [0.29, 0.717) is 5.91 Å². The highest BCUT2D eigenvalue weighted by Crippen LogP contribution is 2.21. The molecule has 2 aliphatic rings. The minimum atomic E-state index is 0.268. The Bertz CT molecular complexity index is 266. The standard InChI is InChI=1S/C14H27N3O/c1-16(2)14(18)13-5-9-17(10-6-13)11-12-3-7-15-8-4-12/h12-13,15H,3-11H2,1-2H3. The molecular formula is C14H27N3O. The Morgan fingerprint density at radius 2 is 1.78 bits per heavy atom. The molecule has 2 heterocycles. The van der Waals surface area contributed by atoms with E-state index in [2.05, 4.69) is 10.2 Å². The zero-order valence-electron chi connectivity index (χ0n) is 11.8. The topological polar surface area (TPSA) is 35.6 Å². The van der Waals surface area contributed by atoms with Gasteiger partial charge in [0.2, 0.25) is 5.91 Å². The van der Waals surface area contributed by atoms with Crippen LogP contribution in [0.3, 0.4) is 0 Å². The molecule has 0 aromatic heterocycles. The number of piperidine rings is 2. The van der Waals surface area contributed by atoms with E-state index in [1.54, 1.807) is 4.90 Å². The molecule has 104 valence electrons. The minimum absolute atomic E-state index is 0.268. The van der Waals surface area contributed by atoms with Crippen molar-refractivity contribution in [1.82, 2.24) is 15.1 Å². The maximum absolute atomic E-state index is 11.9. The lowest BCUT2D eigenvalue weighted by Gasteiger charge is -2.35. The molecule has 0 saturated carbocycles. The van der Waals surface area contributed by atoms with Crippen LogP contribution < -0.4 is 5.32 Å². The predicted molar refractivity (Wildman–Crippen MR) is 73.5 cm³/mol. The summed E-state index contributed by atoms with van der Waals surface area (Å²) in [5.41, 5.74) is 0. The van der Waals surface area contributed by atoms with Crippen molar-refractivity contribution in [3.05, 3.63) is 0 Å². The quantitative estimate of drug-likeness (QED) is 0.807. The van der Waals surface area contributed by atoms with Gasteiger partial charge in [0.1, 0.15) is 0 Å². The molecule has 0 spiro atoms. The summed E-state index contributed by atoms with van der Waals surface area (Å²) in [6.07, 6.45) is 4.72. The lowest BCUT2D eigenvalue weighted by Crippen LogP contribution is -2.43. The Kier molecular flexibility index (Phi) is 5.01. The summed E-state index contributed by atoms with van der Waals surface area (Å²) in [5.74, 6) is 1.45. The van der Waals surface area contributed by atoms with E-state index in [1.807, 2.05) is 14.1 Å². The van der Waals surface area contributed by atoms with Crippen LogP contribution in [-0.2, 0) is 4.79 Å². The van der Waals surface area contributed by atoms with Gasteiger partial charge >= 0.3 is 0 Å². The molecule has 1 N–H and O–H groups in total. The summed E-state index contributed by atoms with van der Waals surface area (Å²) in [5, 5.41) is 3.42. The first-order valence-electron chi connectivity index (χ1n) is 7.31. The van der Waals surface area contributed by atoms with Crippen molar-refractivity contribution in [3.63, 3.8) is 0 Å². The second-order valence-electron chi connectivity index (χ2n) is 6.00. The van der Waals surface area contributed by atoms with E-state index in [9.17, 15) is 4.79 Å². The lowest BCUT2D eigenvalue weighted by molar-refractivity contribution is -0.134. The van der Waals surface area contributed by atoms with Crippen molar-refractivity contribution >= 4 is 5.91 Å². The molecule has 4 heteroatoms. The maximum atomic E-state index is 11.9. The molecule has 0 atom stereocenters. The Morgan fingerprint density at radius 3 is 2.33 bits per heavy atom. The fourth-order valence-electron chi connectivity index (χ4n) is 3.16. The summed E-state index contributed by atoms with van der Waals surface area (Å²) in [4.78, 5) is 16.2. The summed E-state index contributed by atoms with van der Waals surface area (Å²) in [6.45, 7) is 5.81. The number of amides is 1. The van der Waals surface area contributed by atoms with Crippen LogP contribution >= 0.6 is 0 Å². The first-order chi connectivity index (χ1) is 8.66. The van der Waals surface area contributed by atoms with Crippen LogP contribution in [0.2, 0.25) is 0 Å². The smallest absolute Gasteiger partial charge is 0.225 e. The zero-order valence-corrected chi connectivity index (χ0v) is 11.8. The van der Waals surface area contributed by atoms with Crippen LogP contribution in [0.4, 0.5) is 0 Å². The zero-order chi connectivity index (χ0) is 13.0. The monoisotopic (exact) mass is 253 g/mol. The normalized spacial score (nSPS) is 24.1. The SMILES string of the molecule is CN(C)C(=O)C1CCN(CC2CCNCC2)CC1. The largest absolute Gasteiger partial charge is 0.349 e. The highest BCUT2D eigenvalue weighted by Gasteiger charge is 2.27. The molecule has 0 aliphatic carbocycles. The van der Waals surface area contributed by atoms with E-state index in [0.717, 1.165) is 31.8 Å². The number of hydrogen-bond donors (Lipinski definition) is 1. The Labute approximate surface area is 111 Å². The third-order valence-electron chi connectivity index (χ3n) is 4.35. The number of likely N-dealkylation sites (tertiary alicyclic amines) is 1. The number of nitrogens with one attached hydrogen (secondary N) is 1. The van der Waals surface area contributed by atoms with Crippen LogP contribution in [0.5, 0.6) is 0 Å². The van der Waals surface area contributed by atoms with E-state index in [4.69, 9.17) is 0 Å². The summed E-state index contributed by atoms with van der Waals surface area (Å²) in [7, 11) is 3.73. The second kappa shape index (κ2) is 6.53. The van der Waals surface area contributed by atoms with Gasteiger partial charge in [-0.3, -0.25) is 4.79 Å². The maximum Gasteiger partial charge on any atom is 0.225 e. The predicted octanol–water partition coefficient (Wildman–Crippen LogP) is 0.786. The first-order valence-corrected chi connectivity index (χ1v) is 7.31.